The van der Waals surface area contributed by atoms with Crippen molar-refractivity contribution in [3.63, 3.8) is 0 Å². The van der Waals surface area contributed by atoms with E-state index in [2.05, 4.69) is 34.6 Å². The second kappa shape index (κ2) is 3.38. The van der Waals surface area contributed by atoms with Crippen molar-refractivity contribution in [1.82, 2.24) is 0 Å². The molecular weight excluding hydrogens is 122 g/mol. The standard InChI is InChI=1S/C9H21N/c1-6-9(4,5)7(2)8(3)10/h7-8H,6,10H2,1-5H3/t7-,8?/m1/s1. The van der Waals surface area contributed by atoms with Gasteiger partial charge in [-0.3, -0.25) is 0 Å². The van der Waals surface area contributed by atoms with Crippen LogP contribution in [0, 0.1) is 11.3 Å². The van der Waals surface area contributed by atoms with Gasteiger partial charge in [-0.25, -0.2) is 0 Å². The van der Waals surface area contributed by atoms with Crippen molar-refractivity contribution in [3.8, 4) is 0 Å². The van der Waals surface area contributed by atoms with Crippen molar-refractivity contribution in [2.24, 2.45) is 17.1 Å². The summed E-state index contributed by atoms with van der Waals surface area (Å²) in [5, 5.41) is 0. The molecule has 0 bridgehead atoms. The molecule has 0 aromatic heterocycles. The zero-order valence-electron chi connectivity index (χ0n) is 7.94. The molecule has 0 aliphatic rings. The summed E-state index contributed by atoms with van der Waals surface area (Å²) >= 11 is 0. The molecule has 0 spiro atoms. The molecule has 0 rings (SSSR count). The Morgan fingerprint density at radius 2 is 1.70 bits per heavy atom. The Kier molecular flexibility index (Phi) is 3.37. The minimum absolute atomic E-state index is 0.315. The van der Waals surface area contributed by atoms with Gasteiger partial charge in [-0.2, -0.15) is 0 Å². The van der Waals surface area contributed by atoms with Gasteiger partial charge < -0.3 is 5.73 Å². The van der Waals surface area contributed by atoms with E-state index in [9.17, 15) is 0 Å². The van der Waals surface area contributed by atoms with Crippen LogP contribution in [0.1, 0.15) is 41.0 Å². The van der Waals surface area contributed by atoms with Gasteiger partial charge in [0.05, 0.1) is 0 Å². The monoisotopic (exact) mass is 143 g/mol. The van der Waals surface area contributed by atoms with Crippen LogP contribution in [0.2, 0.25) is 0 Å². The third-order valence-corrected chi connectivity index (χ3v) is 2.93. The van der Waals surface area contributed by atoms with Gasteiger partial charge in [-0.05, 0) is 18.3 Å². The van der Waals surface area contributed by atoms with Crippen LogP contribution < -0.4 is 5.73 Å². The highest BCUT2D eigenvalue weighted by molar-refractivity contribution is 4.78. The van der Waals surface area contributed by atoms with E-state index in [1.54, 1.807) is 0 Å². The fourth-order valence-electron chi connectivity index (χ4n) is 1.03. The number of nitrogens with two attached hydrogens (primary N) is 1. The van der Waals surface area contributed by atoms with Gasteiger partial charge in [0, 0.05) is 6.04 Å². The summed E-state index contributed by atoms with van der Waals surface area (Å²) in [5.41, 5.74) is 6.19. The van der Waals surface area contributed by atoms with Crippen molar-refractivity contribution >= 4 is 0 Å². The highest BCUT2D eigenvalue weighted by Gasteiger charge is 2.25. The zero-order chi connectivity index (χ0) is 8.36. The maximum atomic E-state index is 5.80. The van der Waals surface area contributed by atoms with Crippen molar-refractivity contribution in [1.29, 1.82) is 0 Å². The number of rotatable bonds is 3. The fraction of sp³-hybridized carbons (Fsp3) is 1.00. The van der Waals surface area contributed by atoms with E-state index in [0.29, 0.717) is 17.4 Å². The predicted molar refractivity (Wildman–Crippen MR) is 46.9 cm³/mol. The molecule has 2 N–H and O–H groups in total. The van der Waals surface area contributed by atoms with E-state index in [1.807, 2.05) is 0 Å². The van der Waals surface area contributed by atoms with E-state index in [4.69, 9.17) is 5.73 Å². The molecule has 0 saturated carbocycles. The van der Waals surface area contributed by atoms with Gasteiger partial charge >= 0.3 is 0 Å². The first-order valence-electron chi connectivity index (χ1n) is 4.17. The summed E-state index contributed by atoms with van der Waals surface area (Å²) in [7, 11) is 0. The molecule has 1 nitrogen and oxygen atoms in total. The van der Waals surface area contributed by atoms with E-state index < -0.39 is 0 Å². The topological polar surface area (TPSA) is 26.0 Å². The van der Waals surface area contributed by atoms with Gasteiger partial charge in [0.1, 0.15) is 0 Å². The number of hydrogen-bond donors (Lipinski definition) is 1. The molecule has 0 heterocycles. The van der Waals surface area contributed by atoms with Gasteiger partial charge in [-0.1, -0.05) is 34.1 Å². The Bertz CT molecular complexity index is 94.9. The van der Waals surface area contributed by atoms with Crippen LogP contribution in [0.15, 0.2) is 0 Å². The molecule has 0 amide bonds. The Morgan fingerprint density at radius 3 is 1.80 bits per heavy atom. The highest BCUT2D eigenvalue weighted by Crippen LogP contribution is 2.31. The summed E-state index contributed by atoms with van der Waals surface area (Å²) in [6.45, 7) is 11.1. The van der Waals surface area contributed by atoms with Crippen molar-refractivity contribution in [3.05, 3.63) is 0 Å². The van der Waals surface area contributed by atoms with Gasteiger partial charge in [0.2, 0.25) is 0 Å². The first kappa shape index (κ1) is 9.96. The maximum absolute atomic E-state index is 5.80. The van der Waals surface area contributed by atoms with Crippen LogP contribution in [0.5, 0.6) is 0 Å². The Labute approximate surface area is 65.0 Å². The zero-order valence-corrected chi connectivity index (χ0v) is 7.94. The summed E-state index contributed by atoms with van der Waals surface area (Å²) in [5.74, 6) is 0.609. The molecular formula is C9H21N. The smallest absolute Gasteiger partial charge is 0.00412 e. The summed E-state index contributed by atoms with van der Waals surface area (Å²) in [6, 6.07) is 0.315. The SMILES string of the molecule is CCC(C)(C)[C@H](C)C(C)N. The molecule has 0 aliphatic carbocycles. The lowest BCUT2D eigenvalue weighted by Crippen LogP contribution is -2.35. The fourth-order valence-corrected chi connectivity index (χ4v) is 1.03. The van der Waals surface area contributed by atoms with E-state index in [1.165, 1.54) is 6.42 Å². The van der Waals surface area contributed by atoms with Gasteiger partial charge in [-0.15, -0.1) is 0 Å². The average molecular weight is 143 g/mol. The van der Waals surface area contributed by atoms with Crippen molar-refractivity contribution < 1.29 is 0 Å². The first-order valence-corrected chi connectivity index (χ1v) is 4.17. The lowest BCUT2D eigenvalue weighted by atomic mass is 9.75. The van der Waals surface area contributed by atoms with Crippen LogP contribution in [-0.4, -0.2) is 6.04 Å². The molecule has 2 atom stereocenters. The third-order valence-electron chi connectivity index (χ3n) is 2.93. The van der Waals surface area contributed by atoms with Crippen LogP contribution >= 0.6 is 0 Å². The maximum Gasteiger partial charge on any atom is 0.00412 e. The Morgan fingerprint density at radius 1 is 1.30 bits per heavy atom. The van der Waals surface area contributed by atoms with E-state index in [0.717, 1.165) is 0 Å². The second-order valence-electron chi connectivity index (χ2n) is 3.99. The minimum Gasteiger partial charge on any atom is -0.328 e. The average Bonchev–Trinajstić information content (AvgIpc) is 1.86. The molecule has 0 fully saturated rings. The predicted octanol–water partition coefficient (Wildman–Crippen LogP) is 2.41. The second-order valence-corrected chi connectivity index (χ2v) is 3.99. The quantitative estimate of drug-likeness (QED) is 0.645. The van der Waals surface area contributed by atoms with Crippen LogP contribution in [0.3, 0.4) is 0 Å². The summed E-state index contributed by atoms with van der Waals surface area (Å²) in [4.78, 5) is 0. The molecule has 1 heteroatoms. The minimum atomic E-state index is 0.315. The molecule has 0 aromatic rings. The van der Waals surface area contributed by atoms with Crippen LogP contribution in [0.4, 0.5) is 0 Å². The molecule has 0 saturated heterocycles. The van der Waals surface area contributed by atoms with Gasteiger partial charge in [0.15, 0.2) is 0 Å². The molecule has 10 heavy (non-hydrogen) atoms. The van der Waals surface area contributed by atoms with Crippen LogP contribution in [-0.2, 0) is 0 Å². The highest BCUT2D eigenvalue weighted by atomic mass is 14.6. The Hall–Kier alpha value is -0.0400. The number of hydrogen-bond acceptors (Lipinski definition) is 1. The first-order chi connectivity index (χ1) is 4.41. The summed E-state index contributed by atoms with van der Waals surface area (Å²) in [6.07, 6.45) is 1.20. The molecule has 0 radical (unpaired) electrons. The third kappa shape index (κ3) is 2.30. The molecule has 0 aliphatic heterocycles. The van der Waals surface area contributed by atoms with Crippen molar-refractivity contribution in [2.45, 2.75) is 47.1 Å². The summed E-state index contributed by atoms with van der Waals surface area (Å²) < 4.78 is 0. The molecule has 0 aromatic carbocycles. The van der Waals surface area contributed by atoms with E-state index >= 15 is 0 Å². The largest absolute Gasteiger partial charge is 0.328 e. The van der Waals surface area contributed by atoms with Crippen molar-refractivity contribution in [2.75, 3.05) is 0 Å². The van der Waals surface area contributed by atoms with E-state index in [-0.39, 0.29) is 0 Å². The van der Waals surface area contributed by atoms with Gasteiger partial charge in [0.25, 0.3) is 0 Å². The molecule has 62 valence electrons. The normalized spacial score (nSPS) is 18.6. The lowest BCUT2D eigenvalue weighted by molar-refractivity contribution is 0.195. The lowest BCUT2D eigenvalue weighted by Gasteiger charge is -2.33. The Balaban J connectivity index is 4.03. The van der Waals surface area contributed by atoms with Crippen LogP contribution in [0.25, 0.3) is 0 Å². The molecule has 1 unspecified atom stereocenters.